The lowest BCUT2D eigenvalue weighted by Crippen LogP contribution is -2.47. The summed E-state index contributed by atoms with van der Waals surface area (Å²) in [6.45, 7) is 6.10. The molecular weight excluding hydrogens is 534 g/mol. The molecule has 0 aromatic heterocycles. The molecule has 37 heavy (non-hydrogen) atoms. The SMILES string of the molecule is Cc1ccccc1OCC(=O)N[C@@H](CC(C)C)C(=O)N/N=C\c1ccccc1OCc1ccc(Br)cc1. The number of rotatable bonds is 12. The number of nitrogens with one attached hydrogen (secondary N) is 2. The van der Waals surface area contributed by atoms with Crippen molar-refractivity contribution in [1.82, 2.24) is 10.7 Å². The van der Waals surface area contributed by atoms with Crippen molar-refractivity contribution in [2.45, 2.75) is 39.8 Å². The van der Waals surface area contributed by atoms with E-state index in [0.717, 1.165) is 21.2 Å². The molecule has 3 aromatic carbocycles. The van der Waals surface area contributed by atoms with Crippen LogP contribution in [0.15, 0.2) is 82.4 Å². The van der Waals surface area contributed by atoms with Crippen LogP contribution >= 0.6 is 15.9 Å². The summed E-state index contributed by atoms with van der Waals surface area (Å²) in [5, 5.41) is 6.88. The van der Waals surface area contributed by atoms with E-state index in [4.69, 9.17) is 9.47 Å². The van der Waals surface area contributed by atoms with Crippen molar-refractivity contribution in [2.24, 2.45) is 11.0 Å². The van der Waals surface area contributed by atoms with Gasteiger partial charge in [0.2, 0.25) is 0 Å². The number of nitrogens with zero attached hydrogens (tertiary/aromatic N) is 1. The van der Waals surface area contributed by atoms with Gasteiger partial charge in [-0.2, -0.15) is 5.10 Å². The first-order valence-electron chi connectivity index (χ1n) is 12.1. The number of para-hydroxylation sites is 2. The van der Waals surface area contributed by atoms with Crippen molar-refractivity contribution in [2.75, 3.05) is 6.61 Å². The molecule has 3 rings (SSSR count). The maximum absolute atomic E-state index is 12.8. The van der Waals surface area contributed by atoms with Crippen molar-refractivity contribution in [3.8, 4) is 11.5 Å². The van der Waals surface area contributed by atoms with Crippen LogP contribution in [0.2, 0.25) is 0 Å². The van der Waals surface area contributed by atoms with Crippen LogP contribution in [-0.4, -0.2) is 30.7 Å². The molecule has 194 valence electrons. The smallest absolute Gasteiger partial charge is 0.262 e. The van der Waals surface area contributed by atoms with E-state index >= 15 is 0 Å². The van der Waals surface area contributed by atoms with Crippen LogP contribution in [0.1, 0.15) is 37.0 Å². The summed E-state index contributed by atoms with van der Waals surface area (Å²) >= 11 is 3.43. The molecule has 2 amide bonds. The zero-order valence-corrected chi connectivity index (χ0v) is 22.8. The summed E-state index contributed by atoms with van der Waals surface area (Å²) in [4.78, 5) is 25.3. The van der Waals surface area contributed by atoms with Gasteiger partial charge in [0, 0.05) is 10.0 Å². The third kappa shape index (κ3) is 9.38. The minimum absolute atomic E-state index is 0.181. The number of carbonyl (C=O) groups is 2. The Hall–Kier alpha value is -3.65. The van der Waals surface area contributed by atoms with E-state index < -0.39 is 11.9 Å². The Labute approximate surface area is 226 Å². The fourth-order valence-corrected chi connectivity index (χ4v) is 3.77. The van der Waals surface area contributed by atoms with Gasteiger partial charge in [-0.3, -0.25) is 9.59 Å². The molecule has 0 unspecified atom stereocenters. The highest BCUT2D eigenvalue weighted by molar-refractivity contribution is 9.10. The molecule has 0 aliphatic heterocycles. The quantitative estimate of drug-likeness (QED) is 0.227. The summed E-state index contributed by atoms with van der Waals surface area (Å²) in [6.07, 6.45) is 1.99. The topological polar surface area (TPSA) is 89.0 Å². The Morgan fingerprint density at radius 3 is 2.32 bits per heavy atom. The normalized spacial score (nSPS) is 11.8. The standard InChI is InChI=1S/C29H32BrN3O4/c1-20(2)16-25(32-28(34)19-37-26-10-6-4-8-21(26)3)29(35)33-31-17-23-9-5-7-11-27(23)36-18-22-12-14-24(30)15-13-22/h4-15,17,20,25H,16,18-19H2,1-3H3,(H,32,34)(H,33,35)/b31-17-/t25-/m0/s1. The van der Waals surface area contributed by atoms with Gasteiger partial charge in [0.05, 0.1) is 6.21 Å². The summed E-state index contributed by atoms with van der Waals surface area (Å²) in [5.41, 5.74) is 5.23. The lowest BCUT2D eigenvalue weighted by molar-refractivity contribution is -0.130. The Bertz CT molecular complexity index is 1210. The monoisotopic (exact) mass is 565 g/mol. The van der Waals surface area contributed by atoms with E-state index in [2.05, 4.69) is 31.8 Å². The second kappa shape index (κ2) is 14.2. The number of halogens is 1. The average Bonchev–Trinajstić information content (AvgIpc) is 2.88. The lowest BCUT2D eigenvalue weighted by Gasteiger charge is -2.19. The number of hydrogen-bond acceptors (Lipinski definition) is 5. The number of amides is 2. The van der Waals surface area contributed by atoms with E-state index in [-0.39, 0.29) is 18.4 Å². The number of benzene rings is 3. The minimum atomic E-state index is -0.742. The predicted octanol–water partition coefficient (Wildman–Crippen LogP) is 5.40. The Balaban J connectivity index is 1.57. The van der Waals surface area contributed by atoms with Crippen LogP contribution in [0.4, 0.5) is 0 Å². The predicted molar refractivity (Wildman–Crippen MR) is 149 cm³/mol. The molecule has 2 N–H and O–H groups in total. The van der Waals surface area contributed by atoms with Gasteiger partial charge in [0.15, 0.2) is 6.61 Å². The van der Waals surface area contributed by atoms with Gasteiger partial charge in [0.25, 0.3) is 11.8 Å². The summed E-state index contributed by atoms with van der Waals surface area (Å²) in [7, 11) is 0. The molecule has 7 nitrogen and oxygen atoms in total. The third-order valence-electron chi connectivity index (χ3n) is 5.42. The molecule has 0 spiro atoms. The Morgan fingerprint density at radius 2 is 1.62 bits per heavy atom. The van der Waals surface area contributed by atoms with Gasteiger partial charge in [-0.25, -0.2) is 5.43 Å². The van der Waals surface area contributed by atoms with Gasteiger partial charge in [0.1, 0.15) is 24.1 Å². The van der Waals surface area contributed by atoms with Gasteiger partial charge in [-0.15, -0.1) is 0 Å². The molecule has 3 aromatic rings. The van der Waals surface area contributed by atoms with Crippen molar-refractivity contribution >= 4 is 34.0 Å². The third-order valence-corrected chi connectivity index (χ3v) is 5.94. The first-order valence-corrected chi connectivity index (χ1v) is 12.9. The number of ether oxygens (including phenoxy) is 2. The second-order valence-corrected chi connectivity index (χ2v) is 9.91. The van der Waals surface area contributed by atoms with Crippen LogP contribution < -0.4 is 20.2 Å². The summed E-state index contributed by atoms with van der Waals surface area (Å²) in [5.74, 6) is 0.684. The minimum Gasteiger partial charge on any atom is -0.488 e. The highest BCUT2D eigenvalue weighted by atomic mass is 79.9. The second-order valence-electron chi connectivity index (χ2n) is 8.99. The van der Waals surface area contributed by atoms with Crippen LogP contribution in [0.25, 0.3) is 0 Å². The summed E-state index contributed by atoms with van der Waals surface area (Å²) < 4.78 is 12.6. The van der Waals surface area contributed by atoms with E-state index in [1.165, 1.54) is 6.21 Å². The van der Waals surface area contributed by atoms with Crippen molar-refractivity contribution in [3.63, 3.8) is 0 Å². The molecule has 0 aliphatic carbocycles. The molecule has 0 radical (unpaired) electrons. The highest BCUT2D eigenvalue weighted by Gasteiger charge is 2.22. The fourth-order valence-electron chi connectivity index (χ4n) is 3.50. The van der Waals surface area contributed by atoms with E-state index in [9.17, 15) is 9.59 Å². The van der Waals surface area contributed by atoms with Crippen LogP contribution in [0.5, 0.6) is 11.5 Å². The van der Waals surface area contributed by atoms with E-state index in [0.29, 0.717) is 24.5 Å². The first kappa shape index (κ1) is 27.9. The van der Waals surface area contributed by atoms with Crippen molar-refractivity contribution in [1.29, 1.82) is 0 Å². The first-order chi connectivity index (χ1) is 17.8. The molecule has 0 fully saturated rings. The number of aryl methyl sites for hydroxylation is 1. The molecule has 8 heteroatoms. The van der Waals surface area contributed by atoms with Crippen LogP contribution in [0.3, 0.4) is 0 Å². The number of hydrogen-bond donors (Lipinski definition) is 2. The molecule has 0 heterocycles. The molecule has 1 atom stereocenters. The van der Waals surface area contributed by atoms with Crippen LogP contribution in [0, 0.1) is 12.8 Å². The maximum atomic E-state index is 12.8. The van der Waals surface area contributed by atoms with E-state index in [1.54, 1.807) is 6.07 Å². The maximum Gasteiger partial charge on any atom is 0.262 e. The average molecular weight is 566 g/mol. The zero-order valence-electron chi connectivity index (χ0n) is 21.2. The number of hydrazone groups is 1. The van der Waals surface area contributed by atoms with Gasteiger partial charge < -0.3 is 14.8 Å². The van der Waals surface area contributed by atoms with Gasteiger partial charge in [-0.05, 0) is 60.7 Å². The fraction of sp³-hybridized carbons (Fsp3) is 0.276. The van der Waals surface area contributed by atoms with Gasteiger partial charge in [-0.1, -0.05) is 72.2 Å². The Kier molecular flexibility index (Phi) is 10.7. The molecule has 0 aliphatic rings. The van der Waals surface area contributed by atoms with Gasteiger partial charge >= 0.3 is 0 Å². The zero-order chi connectivity index (χ0) is 26.6. The van der Waals surface area contributed by atoms with Crippen molar-refractivity contribution in [3.05, 3.63) is 94.0 Å². The lowest BCUT2D eigenvalue weighted by atomic mass is 10.0. The molecule has 0 saturated heterocycles. The summed E-state index contributed by atoms with van der Waals surface area (Å²) in [6, 6.07) is 22.0. The van der Waals surface area contributed by atoms with E-state index in [1.807, 2.05) is 87.5 Å². The molecule has 0 bridgehead atoms. The number of carbonyl (C=O) groups excluding carboxylic acids is 2. The Morgan fingerprint density at radius 1 is 0.946 bits per heavy atom. The largest absolute Gasteiger partial charge is 0.488 e. The highest BCUT2D eigenvalue weighted by Crippen LogP contribution is 2.19. The molecule has 0 saturated carbocycles. The molecular formula is C29H32BrN3O4. The van der Waals surface area contributed by atoms with Crippen LogP contribution in [-0.2, 0) is 16.2 Å². The van der Waals surface area contributed by atoms with Crippen molar-refractivity contribution < 1.29 is 19.1 Å².